The number of amides is 4. The number of carbonyl (C=O) groups is 3. The lowest BCUT2D eigenvalue weighted by Crippen LogP contribution is -2.50. The minimum absolute atomic E-state index is 0.0417. The normalized spacial score (nSPS) is 22.0. The molecule has 2 aliphatic rings. The molecule has 1 aromatic rings. The number of nitrogens with one attached hydrogen (secondary N) is 2. The van der Waals surface area contributed by atoms with Gasteiger partial charge in [-0.3, -0.25) is 14.9 Å². The predicted molar refractivity (Wildman–Crippen MR) is 127 cm³/mol. The van der Waals surface area contributed by atoms with Gasteiger partial charge >= 0.3 is 6.03 Å². The fraction of sp³-hybridized carbons (Fsp3) is 0.783. The smallest absolute Gasteiger partial charge is 0.317 e. The third-order valence-electron chi connectivity index (χ3n) is 6.07. The quantitative estimate of drug-likeness (QED) is 0.527. The van der Waals surface area contributed by atoms with Crippen LogP contribution in [-0.2, 0) is 14.3 Å². The van der Waals surface area contributed by atoms with E-state index >= 15 is 0 Å². The molecule has 0 aromatic carbocycles. The van der Waals surface area contributed by atoms with Gasteiger partial charge in [-0.25, -0.2) is 4.79 Å². The summed E-state index contributed by atoms with van der Waals surface area (Å²) in [7, 11) is 0. The van der Waals surface area contributed by atoms with Gasteiger partial charge < -0.3 is 19.5 Å². The van der Waals surface area contributed by atoms with Gasteiger partial charge in [0.2, 0.25) is 11.8 Å². The molecule has 190 valence electrons. The molecule has 0 spiro atoms. The summed E-state index contributed by atoms with van der Waals surface area (Å²) in [5.74, 6) is -1.01. The van der Waals surface area contributed by atoms with E-state index in [1.165, 1.54) is 11.8 Å². The Morgan fingerprint density at radius 1 is 1.09 bits per heavy atom. The Hall–Kier alpha value is -2.14. The Bertz CT molecular complexity index is 831. The van der Waals surface area contributed by atoms with Crippen molar-refractivity contribution >= 4 is 29.6 Å². The molecule has 2 fully saturated rings. The van der Waals surface area contributed by atoms with Crippen LogP contribution in [0.1, 0.15) is 71.5 Å². The lowest BCUT2D eigenvalue weighted by atomic mass is 9.85. The molecular weight excluding hydrogens is 458 g/mol. The number of hydrogen-bond acceptors (Lipinski definition) is 8. The van der Waals surface area contributed by atoms with Crippen molar-refractivity contribution < 1.29 is 23.6 Å². The third-order valence-corrected chi connectivity index (χ3v) is 6.90. The summed E-state index contributed by atoms with van der Waals surface area (Å²) in [5.41, 5.74) is 0. The van der Waals surface area contributed by atoms with Gasteiger partial charge in [0.05, 0.1) is 13.2 Å². The minimum Gasteiger partial charge on any atom is -0.378 e. The number of aromatic nitrogens is 2. The first kappa shape index (κ1) is 26.5. The van der Waals surface area contributed by atoms with Crippen LogP contribution >= 0.6 is 11.8 Å². The highest BCUT2D eigenvalue weighted by molar-refractivity contribution is 7.99. The van der Waals surface area contributed by atoms with Crippen LogP contribution in [0.5, 0.6) is 0 Å². The summed E-state index contributed by atoms with van der Waals surface area (Å²) in [6.07, 6.45) is 3.18. The fourth-order valence-corrected chi connectivity index (χ4v) is 4.89. The van der Waals surface area contributed by atoms with Gasteiger partial charge in [-0.05, 0) is 38.0 Å². The molecule has 1 aromatic heterocycles. The summed E-state index contributed by atoms with van der Waals surface area (Å²) < 4.78 is 10.6. The molecule has 0 radical (unpaired) electrons. The zero-order valence-electron chi connectivity index (χ0n) is 20.5. The molecule has 1 aliphatic carbocycles. The first-order valence-electron chi connectivity index (χ1n) is 12.2. The maximum Gasteiger partial charge on any atom is 0.317 e. The van der Waals surface area contributed by atoms with Crippen molar-refractivity contribution in [2.75, 3.05) is 26.3 Å². The first-order valence-corrected chi connectivity index (χ1v) is 13.1. The number of morpholine rings is 1. The molecule has 2 heterocycles. The van der Waals surface area contributed by atoms with E-state index in [1.54, 1.807) is 4.90 Å². The Morgan fingerprint density at radius 3 is 2.38 bits per heavy atom. The number of thioether (sulfide) groups is 1. The molecule has 1 saturated heterocycles. The maximum absolute atomic E-state index is 13.0. The minimum atomic E-state index is -0.640. The molecule has 10 nitrogen and oxygen atoms in total. The van der Waals surface area contributed by atoms with Gasteiger partial charge in [0.15, 0.2) is 5.82 Å². The van der Waals surface area contributed by atoms with Crippen molar-refractivity contribution in [1.29, 1.82) is 0 Å². The second kappa shape index (κ2) is 12.5. The van der Waals surface area contributed by atoms with Crippen LogP contribution in [0.2, 0.25) is 0 Å². The summed E-state index contributed by atoms with van der Waals surface area (Å²) in [6, 6.07) is -0.0296. The van der Waals surface area contributed by atoms with Crippen molar-refractivity contribution in [2.45, 2.75) is 82.2 Å². The third kappa shape index (κ3) is 7.69. The highest BCUT2D eigenvalue weighted by Gasteiger charge is 2.33. The Morgan fingerprint density at radius 2 is 1.76 bits per heavy atom. The number of rotatable bonds is 8. The van der Waals surface area contributed by atoms with Crippen molar-refractivity contribution in [3.05, 3.63) is 5.82 Å². The van der Waals surface area contributed by atoms with Crippen molar-refractivity contribution in [1.82, 2.24) is 25.7 Å². The maximum atomic E-state index is 13.0. The summed E-state index contributed by atoms with van der Waals surface area (Å²) in [6.45, 7) is 10.4. The second-order valence-corrected chi connectivity index (χ2v) is 11.2. The largest absolute Gasteiger partial charge is 0.378 e. The van der Waals surface area contributed by atoms with Crippen LogP contribution in [0.3, 0.4) is 0 Å². The summed E-state index contributed by atoms with van der Waals surface area (Å²) in [5, 5.41) is 10.4. The Labute approximate surface area is 205 Å². The Kier molecular flexibility index (Phi) is 9.75. The SMILES string of the molecule is CC(C)C[C@H](C(=O)NC(=O)C1CCC(NC(=O)N2CCOCC2)CC1)c1noc(SC(C)C)n1. The average molecular weight is 496 g/mol. The van der Waals surface area contributed by atoms with E-state index in [0.717, 1.165) is 0 Å². The molecule has 1 saturated carbocycles. The molecule has 4 amide bonds. The van der Waals surface area contributed by atoms with E-state index in [2.05, 4.69) is 20.8 Å². The molecule has 1 atom stereocenters. The number of hydrogen-bond donors (Lipinski definition) is 2. The van der Waals surface area contributed by atoms with Crippen LogP contribution in [-0.4, -0.2) is 70.5 Å². The van der Waals surface area contributed by atoms with E-state index < -0.39 is 5.92 Å². The van der Waals surface area contributed by atoms with E-state index in [0.29, 0.717) is 69.5 Å². The van der Waals surface area contributed by atoms with Crippen LogP contribution < -0.4 is 10.6 Å². The number of imide groups is 1. The predicted octanol–water partition coefficient (Wildman–Crippen LogP) is 2.94. The Balaban J connectivity index is 1.50. The lowest BCUT2D eigenvalue weighted by molar-refractivity contribution is -0.134. The van der Waals surface area contributed by atoms with Gasteiger partial charge in [-0.1, -0.05) is 44.6 Å². The molecule has 3 rings (SSSR count). The van der Waals surface area contributed by atoms with Crippen LogP contribution in [0.4, 0.5) is 4.79 Å². The number of ether oxygens (including phenoxy) is 1. The molecule has 1 aliphatic heterocycles. The molecule has 0 bridgehead atoms. The first-order chi connectivity index (χ1) is 16.2. The van der Waals surface area contributed by atoms with Gasteiger partial charge in [0.25, 0.3) is 5.22 Å². The van der Waals surface area contributed by atoms with Crippen LogP contribution in [0.15, 0.2) is 9.75 Å². The van der Waals surface area contributed by atoms with Gasteiger partial charge in [-0.15, -0.1) is 0 Å². The zero-order chi connectivity index (χ0) is 24.7. The molecule has 2 N–H and O–H groups in total. The highest BCUT2D eigenvalue weighted by atomic mass is 32.2. The van der Waals surface area contributed by atoms with Crippen molar-refractivity contribution in [3.63, 3.8) is 0 Å². The average Bonchev–Trinajstić information content (AvgIpc) is 3.25. The van der Waals surface area contributed by atoms with Gasteiger partial charge in [0.1, 0.15) is 5.92 Å². The van der Waals surface area contributed by atoms with Crippen LogP contribution in [0, 0.1) is 11.8 Å². The second-order valence-electron chi connectivity index (χ2n) is 9.72. The lowest BCUT2D eigenvalue weighted by Gasteiger charge is -2.32. The summed E-state index contributed by atoms with van der Waals surface area (Å²) >= 11 is 1.44. The molecule has 34 heavy (non-hydrogen) atoms. The monoisotopic (exact) mass is 495 g/mol. The molecule has 0 unspecified atom stereocenters. The van der Waals surface area contributed by atoms with Crippen LogP contribution in [0.25, 0.3) is 0 Å². The topological polar surface area (TPSA) is 127 Å². The number of urea groups is 1. The van der Waals surface area contributed by atoms with E-state index in [4.69, 9.17) is 9.26 Å². The van der Waals surface area contributed by atoms with E-state index in [-0.39, 0.29) is 41.0 Å². The van der Waals surface area contributed by atoms with E-state index in [1.807, 2.05) is 27.7 Å². The van der Waals surface area contributed by atoms with Gasteiger partial charge in [-0.2, -0.15) is 4.98 Å². The summed E-state index contributed by atoms with van der Waals surface area (Å²) in [4.78, 5) is 44.4. The number of carbonyl (C=O) groups excluding carboxylic acids is 3. The standard InChI is InChI=1S/C23H37N5O5S/c1-14(2)13-18(19-25-23(33-27-19)34-15(3)4)21(30)26-20(29)16-5-7-17(8-6-16)24-22(31)28-9-11-32-12-10-28/h14-18H,5-13H2,1-4H3,(H,24,31)(H,26,29,30)/t16?,17?,18-/m0/s1. The molecular formula is C23H37N5O5S. The van der Waals surface area contributed by atoms with Gasteiger partial charge in [0, 0.05) is 30.3 Å². The number of nitrogens with zero attached hydrogens (tertiary/aromatic N) is 3. The zero-order valence-corrected chi connectivity index (χ0v) is 21.4. The van der Waals surface area contributed by atoms with Crippen molar-refractivity contribution in [2.24, 2.45) is 11.8 Å². The highest BCUT2D eigenvalue weighted by Crippen LogP contribution is 2.28. The van der Waals surface area contributed by atoms with Crippen molar-refractivity contribution in [3.8, 4) is 0 Å². The molecule has 11 heteroatoms. The fourth-order valence-electron chi connectivity index (χ4n) is 4.26. The van der Waals surface area contributed by atoms with E-state index in [9.17, 15) is 14.4 Å².